The third-order valence-electron chi connectivity index (χ3n) is 3.54. The standard InChI is InChI=1S/C13H13Cl2N3O2S/c1-18-6-12(16-7-18)21(19,20)17-11-5-3-9-8(11)2-4-10(14)13(9)15/h2,4,6-7,11,17H,3,5H2,1H3. The normalized spacial score (nSPS) is 18.0. The number of fused-ring (bicyclic) bond motifs is 1. The van der Waals surface area contributed by atoms with E-state index in [0.29, 0.717) is 22.9 Å². The van der Waals surface area contributed by atoms with E-state index in [0.717, 1.165) is 11.1 Å². The summed E-state index contributed by atoms with van der Waals surface area (Å²) in [5, 5.41) is 1.01. The van der Waals surface area contributed by atoms with Gasteiger partial charge in [0.05, 0.1) is 16.4 Å². The lowest BCUT2D eigenvalue weighted by atomic mass is 10.1. The lowest BCUT2D eigenvalue weighted by Gasteiger charge is -2.13. The number of hydrogen-bond acceptors (Lipinski definition) is 3. The fraction of sp³-hybridized carbons (Fsp3) is 0.308. The summed E-state index contributed by atoms with van der Waals surface area (Å²) in [5.74, 6) is 0. The highest BCUT2D eigenvalue weighted by Gasteiger charge is 2.30. The zero-order valence-corrected chi connectivity index (χ0v) is 13.5. The summed E-state index contributed by atoms with van der Waals surface area (Å²) in [6, 6.07) is 3.21. The molecule has 0 amide bonds. The Hall–Kier alpha value is -1.08. The Morgan fingerprint density at radius 3 is 2.81 bits per heavy atom. The molecule has 1 aromatic carbocycles. The van der Waals surface area contributed by atoms with Crippen LogP contribution in [0.3, 0.4) is 0 Å². The minimum absolute atomic E-state index is 0.0125. The van der Waals surface area contributed by atoms with E-state index in [1.807, 2.05) is 6.07 Å². The van der Waals surface area contributed by atoms with Gasteiger partial charge in [-0.05, 0) is 30.0 Å². The molecule has 0 fully saturated rings. The molecule has 0 aliphatic heterocycles. The maximum absolute atomic E-state index is 12.3. The van der Waals surface area contributed by atoms with Crippen LogP contribution in [0.2, 0.25) is 10.0 Å². The predicted octanol–water partition coefficient (Wildman–Crippen LogP) is 2.69. The Balaban J connectivity index is 1.91. The predicted molar refractivity (Wildman–Crippen MR) is 81.1 cm³/mol. The van der Waals surface area contributed by atoms with Crippen molar-refractivity contribution in [3.05, 3.63) is 45.8 Å². The number of nitrogens with one attached hydrogen (secondary N) is 1. The van der Waals surface area contributed by atoms with Gasteiger partial charge in [-0.3, -0.25) is 0 Å². The molecule has 112 valence electrons. The van der Waals surface area contributed by atoms with Gasteiger partial charge < -0.3 is 4.57 Å². The number of aromatic nitrogens is 2. The van der Waals surface area contributed by atoms with Gasteiger partial charge in [-0.2, -0.15) is 0 Å². The second-order valence-corrected chi connectivity index (χ2v) is 7.47. The van der Waals surface area contributed by atoms with Crippen molar-refractivity contribution in [1.29, 1.82) is 0 Å². The van der Waals surface area contributed by atoms with Crippen LogP contribution in [0.4, 0.5) is 0 Å². The average molecular weight is 346 g/mol. The lowest BCUT2D eigenvalue weighted by molar-refractivity contribution is 0.551. The number of hydrogen-bond donors (Lipinski definition) is 1. The molecule has 0 radical (unpaired) electrons. The van der Waals surface area contributed by atoms with Crippen LogP contribution >= 0.6 is 23.2 Å². The molecule has 1 unspecified atom stereocenters. The number of sulfonamides is 1. The Morgan fingerprint density at radius 2 is 2.14 bits per heavy atom. The summed E-state index contributed by atoms with van der Waals surface area (Å²) in [5.41, 5.74) is 1.79. The van der Waals surface area contributed by atoms with Crippen molar-refractivity contribution in [2.45, 2.75) is 23.9 Å². The molecule has 0 saturated carbocycles. The SMILES string of the molecule is Cn1cnc(S(=O)(=O)NC2CCc3c2ccc(Cl)c3Cl)c1. The van der Waals surface area contributed by atoms with Gasteiger partial charge in [0.15, 0.2) is 5.03 Å². The van der Waals surface area contributed by atoms with Crippen molar-refractivity contribution in [3.63, 3.8) is 0 Å². The van der Waals surface area contributed by atoms with Crippen LogP contribution < -0.4 is 4.72 Å². The van der Waals surface area contributed by atoms with Gasteiger partial charge >= 0.3 is 0 Å². The van der Waals surface area contributed by atoms with E-state index in [9.17, 15) is 8.42 Å². The lowest BCUT2D eigenvalue weighted by Crippen LogP contribution is -2.27. The van der Waals surface area contributed by atoms with Crippen molar-refractivity contribution in [1.82, 2.24) is 14.3 Å². The minimum Gasteiger partial charge on any atom is -0.339 e. The zero-order chi connectivity index (χ0) is 15.2. The fourth-order valence-electron chi connectivity index (χ4n) is 2.53. The second kappa shape index (κ2) is 5.28. The molecule has 1 aliphatic carbocycles. The first-order chi connectivity index (χ1) is 9.88. The van der Waals surface area contributed by atoms with Crippen molar-refractivity contribution >= 4 is 33.2 Å². The maximum atomic E-state index is 12.3. The highest BCUT2D eigenvalue weighted by molar-refractivity contribution is 7.89. The zero-order valence-electron chi connectivity index (χ0n) is 11.2. The van der Waals surface area contributed by atoms with Crippen LogP contribution in [-0.4, -0.2) is 18.0 Å². The number of halogens is 2. The Labute approximate surface area is 132 Å². The number of nitrogens with zero attached hydrogens (tertiary/aromatic N) is 2. The summed E-state index contributed by atoms with van der Waals surface area (Å²) < 4.78 is 28.9. The molecular formula is C13H13Cl2N3O2S. The summed E-state index contributed by atoms with van der Waals surface area (Å²) in [6.07, 6.45) is 4.27. The third-order valence-corrected chi connectivity index (χ3v) is 5.74. The summed E-state index contributed by atoms with van der Waals surface area (Å²) in [7, 11) is -1.93. The van der Waals surface area contributed by atoms with Crippen molar-refractivity contribution in [2.24, 2.45) is 7.05 Å². The molecule has 1 N–H and O–H groups in total. The number of aryl methyl sites for hydroxylation is 1. The topological polar surface area (TPSA) is 64.0 Å². The first-order valence-electron chi connectivity index (χ1n) is 6.35. The van der Waals surface area contributed by atoms with Gasteiger partial charge in [0.25, 0.3) is 10.0 Å². The molecular weight excluding hydrogens is 333 g/mol. The Kier molecular flexibility index (Phi) is 3.73. The maximum Gasteiger partial charge on any atom is 0.260 e. The van der Waals surface area contributed by atoms with Gasteiger partial charge in [0.2, 0.25) is 0 Å². The van der Waals surface area contributed by atoms with Crippen LogP contribution in [0, 0.1) is 0 Å². The van der Waals surface area contributed by atoms with E-state index < -0.39 is 10.0 Å². The molecule has 0 spiro atoms. The monoisotopic (exact) mass is 345 g/mol. The number of rotatable bonds is 3. The highest BCUT2D eigenvalue weighted by atomic mass is 35.5. The smallest absolute Gasteiger partial charge is 0.260 e. The minimum atomic E-state index is -3.65. The molecule has 3 rings (SSSR count). The quantitative estimate of drug-likeness (QED) is 0.929. The number of benzene rings is 1. The largest absolute Gasteiger partial charge is 0.339 e. The molecule has 0 saturated heterocycles. The molecule has 1 aliphatic rings. The molecule has 2 aromatic rings. The van der Waals surface area contributed by atoms with Crippen molar-refractivity contribution in [3.8, 4) is 0 Å². The van der Waals surface area contributed by atoms with Crippen LogP contribution in [0.15, 0.2) is 29.7 Å². The van der Waals surface area contributed by atoms with Crippen LogP contribution in [0.5, 0.6) is 0 Å². The first kappa shape index (κ1) is 14.8. The van der Waals surface area contributed by atoms with Crippen molar-refractivity contribution in [2.75, 3.05) is 0 Å². The van der Waals surface area contributed by atoms with E-state index in [4.69, 9.17) is 23.2 Å². The summed E-state index contributed by atoms with van der Waals surface area (Å²) >= 11 is 12.2. The first-order valence-corrected chi connectivity index (χ1v) is 8.59. The van der Waals surface area contributed by atoms with Crippen LogP contribution in [0.25, 0.3) is 0 Å². The molecule has 8 heteroatoms. The van der Waals surface area contributed by atoms with E-state index in [1.165, 1.54) is 12.5 Å². The van der Waals surface area contributed by atoms with E-state index in [1.54, 1.807) is 17.7 Å². The fourth-order valence-corrected chi connectivity index (χ4v) is 4.20. The van der Waals surface area contributed by atoms with Gasteiger partial charge in [-0.1, -0.05) is 29.3 Å². The average Bonchev–Trinajstić information content (AvgIpc) is 3.01. The second-order valence-electron chi connectivity index (χ2n) is 5.02. The summed E-state index contributed by atoms with van der Waals surface area (Å²) in [6.45, 7) is 0. The van der Waals surface area contributed by atoms with Gasteiger partial charge in [-0.25, -0.2) is 18.1 Å². The highest BCUT2D eigenvalue weighted by Crippen LogP contribution is 2.39. The molecule has 1 aromatic heterocycles. The molecule has 5 nitrogen and oxygen atoms in total. The molecule has 1 heterocycles. The van der Waals surface area contributed by atoms with Gasteiger partial charge in [0, 0.05) is 19.3 Å². The van der Waals surface area contributed by atoms with E-state index in [-0.39, 0.29) is 11.1 Å². The van der Waals surface area contributed by atoms with E-state index in [2.05, 4.69) is 9.71 Å². The van der Waals surface area contributed by atoms with E-state index >= 15 is 0 Å². The van der Waals surface area contributed by atoms with Crippen LogP contribution in [-0.2, 0) is 23.5 Å². The summed E-state index contributed by atoms with van der Waals surface area (Å²) in [4.78, 5) is 3.88. The van der Waals surface area contributed by atoms with Crippen LogP contribution in [0.1, 0.15) is 23.6 Å². The van der Waals surface area contributed by atoms with Gasteiger partial charge in [0.1, 0.15) is 0 Å². The molecule has 1 atom stereocenters. The van der Waals surface area contributed by atoms with Crippen molar-refractivity contribution < 1.29 is 8.42 Å². The Morgan fingerprint density at radius 1 is 1.38 bits per heavy atom. The number of imidazole rings is 1. The Bertz CT molecular complexity index is 802. The molecule has 21 heavy (non-hydrogen) atoms. The molecule has 0 bridgehead atoms. The third kappa shape index (κ3) is 2.68. The van der Waals surface area contributed by atoms with Gasteiger partial charge in [-0.15, -0.1) is 0 Å².